The van der Waals surface area contributed by atoms with Crippen LogP contribution < -0.4 is 11.4 Å². The number of aryl methyl sites for hydroxylation is 1. The van der Waals surface area contributed by atoms with Gasteiger partial charge >= 0.3 is 5.69 Å². The molecule has 0 atom stereocenters. The molecule has 5 nitrogen and oxygen atoms in total. The smallest absolute Gasteiger partial charge is 0.333 e. The third-order valence-electron chi connectivity index (χ3n) is 2.78. The molecule has 3 N–H and O–H groups in total. The van der Waals surface area contributed by atoms with Crippen molar-refractivity contribution in [1.29, 1.82) is 0 Å². The number of nitrogens with zero attached hydrogens (tertiary/aromatic N) is 1. The molecular weight excluding hydrogens is 218 g/mol. The second kappa shape index (κ2) is 4.08. The first kappa shape index (κ1) is 11.4. The summed E-state index contributed by atoms with van der Waals surface area (Å²) >= 11 is 0. The van der Waals surface area contributed by atoms with E-state index in [0.717, 1.165) is 10.1 Å². The molecule has 0 unspecified atom stereocenters. The van der Waals surface area contributed by atoms with E-state index in [-0.39, 0.29) is 5.91 Å². The molecule has 2 rings (SSSR count). The van der Waals surface area contributed by atoms with Crippen LogP contribution >= 0.6 is 0 Å². The van der Waals surface area contributed by atoms with Crippen molar-refractivity contribution < 1.29 is 4.79 Å². The lowest BCUT2D eigenvalue weighted by Crippen LogP contribution is -2.23. The average Bonchev–Trinajstić information content (AvgIpc) is 2.55. The van der Waals surface area contributed by atoms with Gasteiger partial charge in [-0.1, -0.05) is 6.92 Å². The normalized spacial score (nSPS) is 10.9. The predicted molar refractivity (Wildman–Crippen MR) is 67.2 cm³/mol. The van der Waals surface area contributed by atoms with Gasteiger partial charge in [-0.15, -0.1) is 0 Å². The Morgan fingerprint density at radius 2 is 2.18 bits per heavy atom. The molecule has 0 aliphatic heterocycles. The summed E-state index contributed by atoms with van der Waals surface area (Å²) in [6.07, 6.45) is 1.06. The topological polar surface area (TPSA) is 80.9 Å². The third kappa shape index (κ3) is 1.84. The summed E-state index contributed by atoms with van der Waals surface area (Å²) in [7, 11) is 0. The van der Waals surface area contributed by atoms with Crippen LogP contribution in [-0.2, 0) is 0 Å². The van der Waals surface area contributed by atoms with Crippen molar-refractivity contribution in [2.24, 2.45) is 0 Å². The number of hydrogen-bond donors (Lipinski definition) is 2. The van der Waals surface area contributed by atoms with E-state index in [4.69, 9.17) is 5.73 Å². The van der Waals surface area contributed by atoms with Gasteiger partial charge in [0.15, 0.2) is 0 Å². The molecule has 0 fully saturated rings. The minimum atomic E-state index is -0.400. The summed E-state index contributed by atoms with van der Waals surface area (Å²) in [5.41, 5.74) is 8.06. The number of carbonyl (C=O) groups is 1. The lowest BCUT2D eigenvalue weighted by Gasteiger charge is -2.03. The molecule has 1 aromatic carbocycles. The second-order valence-electron chi connectivity index (χ2n) is 4.14. The summed E-state index contributed by atoms with van der Waals surface area (Å²) in [5, 5.41) is 0. The highest BCUT2D eigenvalue weighted by Crippen LogP contribution is 2.19. The number of H-pyrrole nitrogens is 1. The standard InChI is InChI=1S/C12H15N3O2/c1-3-4-11(16)15-10-6-8(13)7(2)5-9(10)14-12(15)17/h5-6H,3-4,13H2,1-2H3,(H,14,17). The fourth-order valence-electron chi connectivity index (χ4n) is 1.85. The first-order valence-corrected chi connectivity index (χ1v) is 5.58. The zero-order valence-corrected chi connectivity index (χ0v) is 9.91. The lowest BCUT2D eigenvalue weighted by molar-refractivity contribution is 0.0903. The molecule has 0 aliphatic rings. The SMILES string of the molecule is CCCC(=O)n1c(=O)[nH]c2cc(C)c(N)cc21. The quantitative estimate of drug-likeness (QED) is 0.774. The second-order valence-corrected chi connectivity index (χ2v) is 4.14. The molecule has 2 aromatic rings. The fraction of sp³-hybridized carbons (Fsp3) is 0.333. The molecule has 0 aliphatic carbocycles. The van der Waals surface area contributed by atoms with E-state index >= 15 is 0 Å². The van der Waals surface area contributed by atoms with Crippen LogP contribution in [0.2, 0.25) is 0 Å². The van der Waals surface area contributed by atoms with Gasteiger partial charge in [0.2, 0.25) is 5.91 Å². The molecule has 0 spiro atoms. The molecule has 0 saturated carbocycles. The molecule has 0 radical (unpaired) electrons. The van der Waals surface area contributed by atoms with Crippen molar-refractivity contribution in [3.63, 3.8) is 0 Å². The summed E-state index contributed by atoms with van der Waals surface area (Å²) in [6, 6.07) is 3.44. The van der Waals surface area contributed by atoms with Gasteiger partial charge in [0.1, 0.15) is 0 Å². The van der Waals surface area contributed by atoms with Crippen LogP contribution in [0.4, 0.5) is 5.69 Å². The molecule has 0 bridgehead atoms. The van der Waals surface area contributed by atoms with Gasteiger partial charge < -0.3 is 10.7 Å². The molecule has 0 amide bonds. The highest BCUT2D eigenvalue weighted by molar-refractivity contribution is 5.92. The van der Waals surface area contributed by atoms with Gasteiger partial charge in [0.05, 0.1) is 11.0 Å². The number of benzene rings is 1. The number of nitrogens with two attached hydrogens (primary N) is 1. The Hall–Kier alpha value is -2.04. The summed E-state index contributed by atoms with van der Waals surface area (Å²) in [6.45, 7) is 3.76. The highest BCUT2D eigenvalue weighted by atomic mass is 16.2. The lowest BCUT2D eigenvalue weighted by atomic mass is 10.2. The number of nitrogen functional groups attached to an aromatic ring is 1. The highest BCUT2D eigenvalue weighted by Gasteiger charge is 2.13. The van der Waals surface area contributed by atoms with Crippen molar-refractivity contribution >= 4 is 22.6 Å². The Kier molecular flexibility index (Phi) is 2.75. The van der Waals surface area contributed by atoms with Crippen LogP contribution in [0, 0.1) is 6.92 Å². The van der Waals surface area contributed by atoms with Crippen LogP contribution in [-0.4, -0.2) is 15.5 Å². The number of hydrogen-bond acceptors (Lipinski definition) is 3. The van der Waals surface area contributed by atoms with Crippen molar-refractivity contribution in [2.45, 2.75) is 26.7 Å². The Morgan fingerprint density at radius 3 is 2.82 bits per heavy atom. The van der Waals surface area contributed by atoms with Crippen LogP contribution in [0.25, 0.3) is 11.0 Å². The number of aromatic amines is 1. The zero-order chi connectivity index (χ0) is 12.6. The van der Waals surface area contributed by atoms with E-state index < -0.39 is 5.69 Å². The van der Waals surface area contributed by atoms with E-state index in [1.807, 2.05) is 13.8 Å². The van der Waals surface area contributed by atoms with Crippen LogP contribution in [0.5, 0.6) is 0 Å². The number of anilines is 1. The molecule has 1 aromatic heterocycles. The van der Waals surface area contributed by atoms with E-state index in [1.165, 1.54) is 0 Å². The van der Waals surface area contributed by atoms with Crippen molar-refractivity contribution in [3.8, 4) is 0 Å². The predicted octanol–water partition coefficient (Wildman–Crippen LogP) is 1.66. The Morgan fingerprint density at radius 1 is 1.47 bits per heavy atom. The molecule has 90 valence electrons. The monoisotopic (exact) mass is 233 g/mol. The first-order valence-electron chi connectivity index (χ1n) is 5.58. The van der Waals surface area contributed by atoms with Crippen molar-refractivity contribution in [2.75, 3.05) is 5.73 Å². The Balaban J connectivity index is 2.71. The largest absolute Gasteiger partial charge is 0.398 e. The minimum Gasteiger partial charge on any atom is -0.398 e. The van der Waals surface area contributed by atoms with Crippen molar-refractivity contribution in [3.05, 3.63) is 28.2 Å². The summed E-state index contributed by atoms with van der Waals surface area (Å²) in [5.74, 6) is -0.202. The van der Waals surface area contributed by atoms with E-state index in [0.29, 0.717) is 29.6 Å². The molecule has 0 saturated heterocycles. The number of carbonyl (C=O) groups excluding carboxylic acids is 1. The number of aromatic nitrogens is 2. The maximum absolute atomic E-state index is 11.8. The fourth-order valence-corrected chi connectivity index (χ4v) is 1.85. The van der Waals surface area contributed by atoms with Crippen LogP contribution in [0.1, 0.15) is 30.1 Å². The van der Waals surface area contributed by atoms with Gasteiger partial charge in [-0.3, -0.25) is 4.79 Å². The molecule has 5 heteroatoms. The number of fused-ring (bicyclic) bond motifs is 1. The zero-order valence-electron chi connectivity index (χ0n) is 9.91. The maximum Gasteiger partial charge on any atom is 0.333 e. The summed E-state index contributed by atoms with van der Waals surface area (Å²) < 4.78 is 1.16. The van der Waals surface area contributed by atoms with E-state index in [1.54, 1.807) is 12.1 Å². The van der Waals surface area contributed by atoms with Gasteiger partial charge in [0, 0.05) is 12.1 Å². The van der Waals surface area contributed by atoms with Crippen LogP contribution in [0.3, 0.4) is 0 Å². The molecular formula is C12H15N3O2. The number of imidazole rings is 1. The van der Waals surface area contributed by atoms with Crippen LogP contribution in [0.15, 0.2) is 16.9 Å². The van der Waals surface area contributed by atoms with Gasteiger partial charge in [0.25, 0.3) is 0 Å². The Bertz CT molecular complexity index is 637. The average molecular weight is 233 g/mol. The van der Waals surface area contributed by atoms with Crippen molar-refractivity contribution in [1.82, 2.24) is 9.55 Å². The summed E-state index contributed by atoms with van der Waals surface area (Å²) in [4.78, 5) is 26.2. The third-order valence-corrected chi connectivity index (χ3v) is 2.78. The minimum absolute atomic E-state index is 0.202. The van der Waals surface area contributed by atoms with Gasteiger partial charge in [-0.2, -0.15) is 0 Å². The number of nitrogens with one attached hydrogen (secondary N) is 1. The maximum atomic E-state index is 11.8. The molecule has 17 heavy (non-hydrogen) atoms. The van der Waals surface area contributed by atoms with Gasteiger partial charge in [-0.05, 0) is 31.0 Å². The number of rotatable bonds is 2. The first-order chi connectivity index (χ1) is 8.04. The molecule has 1 heterocycles. The van der Waals surface area contributed by atoms with Gasteiger partial charge in [-0.25, -0.2) is 9.36 Å². The Labute approximate surface area is 98.2 Å². The van der Waals surface area contributed by atoms with E-state index in [9.17, 15) is 9.59 Å². The van der Waals surface area contributed by atoms with E-state index in [2.05, 4.69) is 4.98 Å².